The molecule has 0 heterocycles. The van der Waals surface area contributed by atoms with Crippen LogP contribution in [-0.2, 0) is 0 Å². The molecule has 2 rings (SSSR count). The zero-order chi connectivity index (χ0) is 13.1. The third-order valence-electron chi connectivity index (χ3n) is 3.77. The minimum atomic E-state index is -0.204. The summed E-state index contributed by atoms with van der Waals surface area (Å²) in [5.74, 6) is 0.478. The Balaban J connectivity index is 1.94. The number of hydrogen-bond donors (Lipinski definition) is 1. The van der Waals surface area contributed by atoms with Crippen LogP contribution in [0.3, 0.4) is 0 Å². The van der Waals surface area contributed by atoms with Gasteiger partial charge in [-0.2, -0.15) is 0 Å². The molecule has 0 unspecified atom stereocenters. The lowest BCUT2D eigenvalue weighted by Gasteiger charge is -2.30. The maximum atomic E-state index is 13.5. The summed E-state index contributed by atoms with van der Waals surface area (Å²) < 4.78 is 14.0. The fourth-order valence-electron chi connectivity index (χ4n) is 2.59. The summed E-state index contributed by atoms with van der Waals surface area (Å²) in [6.07, 6.45) is 4.61. The van der Waals surface area contributed by atoms with Crippen molar-refractivity contribution in [3.8, 4) is 0 Å². The van der Waals surface area contributed by atoms with E-state index in [2.05, 4.69) is 20.8 Å². The zero-order valence-electron chi connectivity index (χ0n) is 10.7. The number of hydrogen-bond acceptors (Lipinski definition) is 2. The quantitative estimate of drug-likeness (QED) is 0.924. The van der Waals surface area contributed by atoms with Crippen LogP contribution in [0.2, 0.25) is 0 Å². The minimum Gasteiger partial charge on any atom is -0.374 e. The molecule has 1 aliphatic carbocycles. The third-order valence-corrected chi connectivity index (χ3v) is 4.41. The summed E-state index contributed by atoms with van der Waals surface area (Å²) >= 11 is 3.18. The molecule has 0 bridgehead atoms. The summed E-state index contributed by atoms with van der Waals surface area (Å²) in [4.78, 5) is 2.14. The van der Waals surface area contributed by atoms with Gasteiger partial charge in [0.25, 0.3) is 0 Å². The first kappa shape index (κ1) is 13.8. The fourth-order valence-corrected chi connectivity index (χ4v) is 2.83. The summed E-state index contributed by atoms with van der Waals surface area (Å²) in [7, 11) is 2.03. The summed E-state index contributed by atoms with van der Waals surface area (Å²) in [6, 6.07) is 5.68. The van der Waals surface area contributed by atoms with Crippen molar-refractivity contribution in [2.75, 3.05) is 18.5 Å². The van der Waals surface area contributed by atoms with Crippen molar-refractivity contribution in [2.45, 2.75) is 31.7 Å². The standard InChI is InChI=1S/C14H20BrFN2/c1-18(9-10-2-4-11(17)5-3-10)12-6-7-13(15)14(16)8-12/h6-8,10-11H,2-5,9,17H2,1H3. The van der Waals surface area contributed by atoms with Crippen LogP contribution in [0, 0.1) is 11.7 Å². The zero-order valence-corrected chi connectivity index (χ0v) is 12.3. The molecule has 1 aliphatic rings. The molecule has 0 aliphatic heterocycles. The second-order valence-electron chi connectivity index (χ2n) is 5.26. The van der Waals surface area contributed by atoms with Gasteiger partial charge in [-0.15, -0.1) is 0 Å². The molecule has 1 fully saturated rings. The molecule has 2 nitrogen and oxygen atoms in total. The fraction of sp³-hybridized carbons (Fsp3) is 0.571. The molecule has 100 valence electrons. The average Bonchev–Trinajstić information content (AvgIpc) is 2.35. The van der Waals surface area contributed by atoms with E-state index in [1.54, 1.807) is 12.1 Å². The highest BCUT2D eigenvalue weighted by molar-refractivity contribution is 9.10. The van der Waals surface area contributed by atoms with Gasteiger partial charge in [-0.3, -0.25) is 0 Å². The van der Waals surface area contributed by atoms with Crippen molar-refractivity contribution in [3.05, 3.63) is 28.5 Å². The first-order chi connectivity index (χ1) is 8.56. The Kier molecular flexibility index (Phi) is 4.62. The van der Waals surface area contributed by atoms with Crippen molar-refractivity contribution < 1.29 is 4.39 Å². The van der Waals surface area contributed by atoms with Crippen LogP contribution in [0.1, 0.15) is 25.7 Å². The lowest BCUT2D eigenvalue weighted by Crippen LogP contribution is -2.32. The normalized spacial score (nSPS) is 24.0. The number of halogens is 2. The molecule has 2 N–H and O–H groups in total. The van der Waals surface area contributed by atoms with Crippen molar-refractivity contribution in [3.63, 3.8) is 0 Å². The predicted octanol–water partition coefficient (Wildman–Crippen LogP) is 3.54. The Morgan fingerprint density at radius 1 is 1.33 bits per heavy atom. The van der Waals surface area contributed by atoms with E-state index in [9.17, 15) is 4.39 Å². The van der Waals surface area contributed by atoms with Crippen LogP contribution in [0.15, 0.2) is 22.7 Å². The van der Waals surface area contributed by atoms with E-state index in [1.165, 1.54) is 12.8 Å². The highest BCUT2D eigenvalue weighted by atomic mass is 79.9. The van der Waals surface area contributed by atoms with Crippen LogP contribution < -0.4 is 10.6 Å². The average molecular weight is 315 g/mol. The second-order valence-corrected chi connectivity index (χ2v) is 6.11. The molecule has 0 radical (unpaired) electrons. The minimum absolute atomic E-state index is 0.204. The Bertz CT molecular complexity index is 403. The number of nitrogens with zero attached hydrogens (tertiary/aromatic N) is 1. The topological polar surface area (TPSA) is 29.3 Å². The van der Waals surface area contributed by atoms with Crippen molar-refractivity contribution >= 4 is 21.6 Å². The molecular formula is C14H20BrFN2. The molecule has 1 aromatic rings. The molecule has 1 saturated carbocycles. The molecule has 4 heteroatoms. The second kappa shape index (κ2) is 6.02. The smallest absolute Gasteiger partial charge is 0.139 e. The van der Waals surface area contributed by atoms with Gasteiger partial charge in [-0.25, -0.2) is 4.39 Å². The highest BCUT2D eigenvalue weighted by Crippen LogP contribution is 2.27. The molecule has 0 spiro atoms. The molecule has 0 saturated heterocycles. The van der Waals surface area contributed by atoms with Crippen molar-refractivity contribution in [1.29, 1.82) is 0 Å². The van der Waals surface area contributed by atoms with Gasteiger partial charge in [0.05, 0.1) is 4.47 Å². The predicted molar refractivity (Wildman–Crippen MR) is 77.3 cm³/mol. The summed E-state index contributed by atoms with van der Waals surface area (Å²) in [6.45, 7) is 0.980. The summed E-state index contributed by atoms with van der Waals surface area (Å²) in [5.41, 5.74) is 6.84. The number of rotatable bonds is 3. The van der Waals surface area contributed by atoms with E-state index < -0.39 is 0 Å². The van der Waals surface area contributed by atoms with E-state index in [0.29, 0.717) is 16.4 Å². The number of nitrogens with two attached hydrogens (primary N) is 1. The Hall–Kier alpha value is -0.610. The first-order valence-electron chi connectivity index (χ1n) is 6.48. The van der Waals surface area contributed by atoms with Gasteiger partial charge in [-0.1, -0.05) is 0 Å². The molecule has 0 amide bonds. The van der Waals surface area contributed by atoms with Gasteiger partial charge in [0.15, 0.2) is 0 Å². The van der Waals surface area contributed by atoms with Crippen LogP contribution in [0.5, 0.6) is 0 Å². The van der Waals surface area contributed by atoms with Gasteiger partial charge >= 0.3 is 0 Å². The van der Waals surface area contributed by atoms with Gasteiger partial charge in [-0.05, 0) is 65.7 Å². The maximum Gasteiger partial charge on any atom is 0.139 e. The van der Waals surface area contributed by atoms with E-state index in [-0.39, 0.29) is 5.82 Å². The van der Waals surface area contributed by atoms with Gasteiger partial charge in [0.1, 0.15) is 5.82 Å². The molecular weight excluding hydrogens is 295 g/mol. The SMILES string of the molecule is CN(CC1CCC(N)CC1)c1ccc(Br)c(F)c1. The molecule has 18 heavy (non-hydrogen) atoms. The van der Waals surface area contributed by atoms with Gasteiger partial charge in [0.2, 0.25) is 0 Å². The van der Waals surface area contributed by atoms with Crippen LogP contribution >= 0.6 is 15.9 Å². The van der Waals surface area contributed by atoms with E-state index >= 15 is 0 Å². The van der Waals surface area contributed by atoms with E-state index in [1.807, 2.05) is 13.1 Å². The molecule has 0 aromatic heterocycles. The Morgan fingerprint density at radius 2 is 2.00 bits per heavy atom. The van der Waals surface area contributed by atoms with Crippen molar-refractivity contribution in [1.82, 2.24) is 0 Å². The Morgan fingerprint density at radius 3 is 2.61 bits per heavy atom. The van der Waals surface area contributed by atoms with Gasteiger partial charge in [0, 0.05) is 25.3 Å². The van der Waals surface area contributed by atoms with Crippen LogP contribution in [0.4, 0.5) is 10.1 Å². The maximum absolute atomic E-state index is 13.5. The lowest BCUT2D eigenvalue weighted by molar-refractivity contribution is 0.330. The number of anilines is 1. The van der Waals surface area contributed by atoms with E-state index in [0.717, 1.165) is 25.1 Å². The monoisotopic (exact) mass is 314 g/mol. The van der Waals surface area contributed by atoms with Crippen LogP contribution in [0.25, 0.3) is 0 Å². The summed E-state index contributed by atoms with van der Waals surface area (Å²) in [5, 5.41) is 0. The van der Waals surface area contributed by atoms with E-state index in [4.69, 9.17) is 5.73 Å². The van der Waals surface area contributed by atoms with Crippen LogP contribution in [-0.4, -0.2) is 19.6 Å². The molecule has 0 atom stereocenters. The first-order valence-corrected chi connectivity index (χ1v) is 7.27. The Labute approximate surface area is 116 Å². The molecule has 1 aromatic carbocycles. The van der Waals surface area contributed by atoms with Gasteiger partial charge < -0.3 is 10.6 Å². The largest absolute Gasteiger partial charge is 0.374 e. The highest BCUT2D eigenvalue weighted by Gasteiger charge is 2.20. The third kappa shape index (κ3) is 3.45. The lowest BCUT2D eigenvalue weighted by atomic mass is 9.86. The van der Waals surface area contributed by atoms with Crippen molar-refractivity contribution in [2.24, 2.45) is 11.7 Å². The number of benzene rings is 1.